The van der Waals surface area contributed by atoms with E-state index in [1.807, 2.05) is 10.6 Å². The fourth-order valence-electron chi connectivity index (χ4n) is 3.75. The lowest BCUT2D eigenvalue weighted by atomic mass is 10.1. The van der Waals surface area contributed by atoms with Gasteiger partial charge in [-0.3, -0.25) is 19.5 Å². The first-order valence-corrected chi connectivity index (χ1v) is 10.1. The number of carbonyl (C=O) groups is 2. The van der Waals surface area contributed by atoms with Gasteiger partial charge in [0.2, 0.25) is 0 Å². The molecule has 4 rings (SSSR count). The van der Waals surface area contributed by atoms with Gasteiger partial charge in [-0.1, -0.05) is 29.3 Å². The van der Waals surface area contributed by atoms with Crippen molar-refractivity contribution in [3.8, 4) is 0 Å². The van der Waals surface area contributed by atoms with Crippen LogP contribution in [0.4, 0.5) is 4.79 Å². The van der Waals surface area contributed by atoms with Crippen LogP contribution in [0.2, 0.25) is 10.0 Å². The van der Waals surface area contributed by atoms with E-state index in [2.05, 4.69) is 4.90 Å². The van der Waals surface area contributed by atoms with Gasteiger partial charge in [0, 0.05) is 27.2 Å². The standard InChI is InChI=1S/C19H22Cl2N5O3/c1-23-17-16(18(27)24(2)19(23)28)26(10-12-3-4-13(20)14(21)9-12)15(22-17)11-25-5-7-29-8-6-25/h3-4,9,16H,5-8,10-11H2,1-2H3/q+1. The van der Waals surface area contributed by atoms with E-state index in [9.17, 15) is 9.59 Å². The molecule has 0 bridgehead atoms. The molecule has 2 saturated heterocycles. The summed E-state index contributed by atoms with van der Waals surface area (Å²) >= 11 is 12.2. The minimum Gasteiger partial charge on any atom is -0.379 e. The van der Waals surface area contributed by atoms with Crippen molar-refractivity contribution >= 4 is 46.8 Å². The molecule has 0 radical (unpaired) electrons. The molecule has 29 heavy (non-hydrogen) atoms. The minimum atomic E-state index is -0.645. The Hall–Kier alpha value is -2.00. The van der Waals surface area contributed by atoms with Gasteiger partial charge in [-0.05, 0) is 22.7 Å². The molecule has 2 fully saturated rings. The van der Waals surface area contributed by atoms with Crippen LogP contribution in [0.3, 0.4) is 0 Å². The highest BCUT2D eigenvalue weighted by Crippen LogP contribution is 2.25. The summed E-state index contributed by atoms with van der Waals surface area (Å²) in [5, 5.41) is 0.934. The molecule has 3 aliphatic rings. The van der Waals surface area contributed by atoms with Crippen molar-refractivity contribution in [2.45, 2.75) is 12.6 Å². The van der Waals surface area contributed by atoms with Crippen molar-refractivity contribution in [1.29, 1.82) is 0 Å². The number of likely N-dealkylation sites (N-methyl/N-ethyl adjacent to an activating group) is 2. The number of amidine groups is 2. The molecule has 154 valence electrons. The number of hydrogen-bond acceptors (Lipinski definition) is 5. The fraction of sp³-hybridized carbons (Fsp3) is 0.474. The second kappa shape index (κ2) is 8.02. The maximum absolute atomic E-state index is 13.0. The maximum Gasteiger partial charge on any atom is 0.333 e. The van der Waals surface area contributed by atoms with Crippen LogP contribution in [0, 0.1) is 0 Å². The molecule has 0 N–H and O–H groups in total. The molecule has 0 spiro atoms. The van der Waals surface area contributed by atoms with E-state index in [4.69, 9.17) is 32.9 Å². The van der Waals surface area contributed by atoms with Crippen molar-refractivity contribution in [2.24, 2.45) is 4.99 Å². The zero-order valence-corrected chi connectivity index (χ0v) is 17.8. The highest BCUT2D eigenvalue weighted by molar-refractivity contribution is 6.42. The van der Waals surface area contributed by atoms with Gasteiger partial charge in [0.15, 0.2) is 0 Å². The predicted molar refractivity (Wildman–Crippen MR) is 110 cm³/mol. The third-order valence-electron chi connectivity index (χ3n) is 5.42. The van der Waals surface area contributed by atoms with Crippen LogP contribution >= 0.6 is 23.2 Å². The number of nitrogens with zero attached hydrogens (tertiary/aromatic N) is 5. The third-order valence-corrected chi connectivity index (χ3v) is 6.16. The van der Waals surface area contributed by atoms with Crippen LogP contribution in [0.1, 0.15) is 5.56 Å². The molecular formula is C19H22Cl2N5O3+. The lowest BCUT2D eigenvalue weighted by molar-refractivity contribution is -0.552. The Morgan fingerprint density at radius 2 is 1.86 bits per heavy atom. The SMILES string of the molecule is CN1C(=O)C2C(=NC(CN3CCOCC3)=[N+]2Cc2ccc(Cl)c(Cl)c2)N(C)C1=O. The predicted octanol–water partition coefficient (Wildman–Crippen LogP) is 1.54. The van der Waals surface area contributed by atoms with Crippen LogP contribution < -0.4 is 0 Å². The zero-order chi connectivity index (χ0) is 20.7. The van der Waals surface area contributed by atoms with Crippen molar-refractivity contribution in [3.05, 3.63) is 33.8 Å². The van der Waals surface area contributed by atoms with E-state index in [0.717, 1.165) is 29.4 Å². The van der Waals surface area contributed by atoms with Gasteiger partial charge in [0.25, 0.3) is 17.8 Å². The molecule has 0 saturated carbocycles. The molecule has 8 nitrogen and oxygen atoms in total. The number of ether oxygens (including phenoxy) is 1. The highest BCUT2D eigenvalue weighted by atomic mass is 35.5. The van der Waals surface area contributed by atoms with Gasteiger partial charge in [-0.25, -0.2) is 9.37 Å². The minimum absolute atomic E-state index is 0.288. The fourth-order valence-corrected chi connectivity index (χ4v) is 4.07. The summed E-state index contributed by atoms with van der Waals surface area (Å²) in [6.07, 6.45) is 0. The highest BCUT2D eigenvalue weighted by Gasteiger charge is 2.53. The van der Waals surface area contributed by atoms with E-state index in [1.54, 1.807) is 19.2 Å². The van der Waals surface area contributed by atoms with Gasteiger partial charge in [-0.15, -0.1) is 0 Å². The molecule has 0 aromatic heterocycles. The zero-order valence-electron chi connectivity index (χ0n) is 16.3. The number of halogens is 2. The lowest BCUT2D eigenvalue weighted by Crippen LogP contribution is -2.61. The van der Waals surface area contributed by atoms with Crippen molar-refractivity contribution in [3.63, 3.8) is 0 Å². The number of amides is 3. The molecule has 10 heteroatoms. The molecule has 3 aliphatic heterocycles. The number of urea groups is 1. The molecule has 1 atom stereocenters. The van der Waals surface area contributed by atoms with Crippen molar-refractivity contribution < 1.29 is 18.9 Å². The Bertz CT molecular complexity index is 926. The smallest absolute Gasteiger partial charge is 0.333 e. The van der Waals surface area contributed by atoms with Crippen molar-refractivity contribution in [1.82, 2.24) is 14.7 Å². The number of rotatable bonds is 4. The summed E-state index contributed by atoms with van der Waals surface area (Å²) in [6, 6.07) is 4.38. The number of hydrogen-bond donors (Lipinski definition) is 0. The quantitative estimate of drug-likeness (QED) is 0.668. The molecule has 1 aromatic carbocycles. The summed E-state index contributed by atoms with van der Waals surface area (Å²) in [5.74, 6) is 0.923. The van der Waals surface area contributed by atoms with E-state index >= 15 is 0 Å². The Morgan fingerprint density at radius 1 is 1.14 bits per heavy atom. The van der Waals surface area contributed by atoms with E-state index < -0.39 is 6.04 Å². The van der Waals surface area contributed by atoms with E-state index in [-0.39, 0.29) is 11.9 Å². The van der Waals surface area contributed by atoms with Crippen molar-refractivity contribution in [2.75, 3.05) is 46.9 Å². The second-order valence-corrected chi connectivity index (χ2v) is 8.11. The van der Waals surface area contributed by atoms with Crippen LogP contribution in [-0.4, -0.2) is 95.9 Å². The topological polar surface area (TPSA) is 68.5 Å². The molecular weight excluding hydrogens is 417 g/mol. The molecule has 0 aliphatic carbocycles. The van der Waals surface area contributed by atoms with E-state index in [1.165, 1.54) is 11.9 Å². The van der Waals surface area contributed by atoms with Crippen LogP contribution in [0.5, 0.6) is 0 Å². The van der Waals surface area contributed by atoms with Gasteiger partial charge in [-0.2, -0.15) is 0 Å². The number of carbonyl (C=O) groups excluding carboxylic acids is 2. The normalized spacial score (nSPS) is 23.0. The Morgan fingerprint density at radius 3 is 2.55 bits per heavy atom. The van der Waals surface area contributed by atoms with Gasteiger partial charge in [0.05, 0.1) is 23.3 Å². The number of benzene rings is 1. The van der Waals surface area contributed by atoms with E-state index in [0.29, 0.717) is 42.2 Å². The molecule has 1 unspecified atom stereocenters. The Balaban J connectivity index is 1.71. The summed E-state index contributed by atoms with van der Waals surface area (Å²) in [6.45, 7) is 3.92. The van der Waals surface area contributed by atoms with Crippen LogP contribution in [0.25, 0.3) is 0 Å². The Kier molecular flexibility index (Phi) is 5.61. The summed E-state index contributed by atoms with van der Waals surface area (Å²) < 4.78 is 7.38. The molecule has 1 aromatic rings. The number of fused-ring (bicyclic) bond motifs is 1. The first kappa shape index (κ1) is 20.3. The Labute approximate surface area is 178 Å². The summed E-state index contributed by atoms with van der Waals surface area (Å²) in [5.41, 5.74) is 0.908. The second-order valence-electron chi connectivity index (χ2n) is 7.29. The summed E-state index contributed by atoms with van der Waals surface area (Å²) in [7, 11) is 3.14. The van der Waals surface area contributed by atoms with Gasteiger partial charge in [0.1, 0.15) is 13.1 Å². The first-order chi connectivity index (χ1) is 13.9. The first-order valence-electron chi connectivity index (χ1n) is 9.37. The number of imide groups is 1. The van der Waals surface area contributed by atoms with Gasteiger partial charge >= 0.3 is 11.9 Å². The summed E-state index contributed by atoms with van der Waals surface area (Å²) in [4.78, 5) is 34.9. The van der Waals surface area contributed by atoms with Crippen LogP contribution in [-0.2, 0) is 16.1 Å². The number of morpholine rings is 1. The average Bonchev–Trinajstić information content (AvgIpc) is 3.06. The monoisotopic (exact) mass is 438 g/mol. The molecule has 3 heterocycles. The number of aliphatic imine (C=N–C) groups is 1. The van der Waals surface area contributed by atoms with Crippen LogP contribution in [0.15, 0.2) is 23.2 Å². The molecule has 3 amide bonds. The maximum atomic E-state index is 13.0. The largest absolute Gasteiger partial charge is 0.379 e. The third kappa shape index (κ3) is 3.77. The lowest BCUT2D eigenvalue weighted by Gasteiger charge is -2.30. The average molecular weight is 439 g/mol. The van der Waals surface area contributed by atoms with Gasteiger partial charge < -0.3 is 4.74 Å².